The van der Waals surface area contributed by atoms with Gasteiger partial charge in [0.2, 0.25) is 0 Å². The minimum atomic E-state index is -0.409. The summed E-state index contributed by atoms with van der Waals surface area (Å²) < 4.78 is 7.77. The molecule has 1 aromatic rings. The van der Waals surface area contributed by atoms with Crippen molar-refractivity contribution in [2.24, 2.45) is 0 Å². The normalized spacial score (nSPS) is 13.3. The van der Waals surface area contributed by atoms with E-state index in [9.17, 15) is 5.11 Å². The molecule has 0 saturated heterocycles. The van der Waals surface area contributed by atoms with Gasteiger partial charge in [-0.05, 0) is 6.42 Å². The van der Waals surface area contributed by atoms with Gasteiger partial charge in [-0.3, -0.25) is 0 Å². The number of aliphatic hydroxyl groups is 1. The van der Waals surface area contributed by atoms with E-state index in [0.29, 0.717) is 5.69 Å². The molecule has 62 valence electrons. The fourth-order valence-corrected chi connectivity index (χ4v) is 1.33. The summed E-state index contributed by atoms with van der Waals surface area (Å²) >= 11 is 1.14. The van der Waals surface area contributed by atoms with Crippen LogP contribution in [0.1, 0.15) is 38.0 Å². The highest BCUT2D eigenvalue weighted by Crippen LogP contribution is 2.16. The van der Waals surface area contributed by atoms with Crippen LogP contribution in [0.4, 0.5) is 0 Å². The number of aromatic nitrogens is 2. The first-order valence-electron chi connectivity index (χ1n) is 3.80. The van der Waals surface area contributed by atoms with Crippen LogP contribution in [0.3, 0.4) is 0 Å². The minimum absolute atomic E-state index is 0.409. The second-order valence-corrected chi connectivity index (χ2v) is 3.05. The molecule has 0 spiro atoms. The van der Waals surface area contributed by atoms with Crippen molar-refractivity contribution < 1.29 is 5.11 Å². The van der Waals surface area contributed by atoms with Gasteiger partial charge < -0.3 is 5.11 Å². The third-order valence-corrected chi connectivity index (χ3v) is 2.04. The number of rotatable bonds is 4. The molecule has 4 heteroatoms. The van der Waals surface area contributed by atoms with Crippen molar-refractivity contribution in [1.82, 2.24) is 8.75 Å². The summed E-state index contributed by atoms with van der Waals surface area (Å²) in [5.41, 5.74) is 0.712. The molecule has 0 aromatic carbocycles. The summed E-state index contributed by atoms with van der Waals surface area (Å²) in [4.78, 5) is 0. The molecule has 3 nitrogen and oxygen atoms in total. The molecule has 1 aromatic heterocycles. The van der Waals surface area contributed by atoms with Crippen molar-refractivity contribution in [1.29, 1.82) is 0 Å². The molecule has 0 bridgehead atoms. The van der Waals surface area contributed by atoms with Crippen molar-refractivity contribution in [3.63, 3.8) is 0 Å². The number of hydrogen-bond acceptors (Lipinski definition) is 4. The standard InChI is InChI=1S/C7H12N2OS/c1-2-3-4-7(10)6-5-8-11-9-6/h5,7,10H,2-4H2,1H3. The van der Waals surface area contributed by atoms with Crippen LogP contribution >= 0.6 is 11.7 Å². The van der Waals surface area contributed by atoms with Crippen LogP contribution in [0.5, 0.6) is 0 Å². The van der Waals surface area contributed by atoms with E-state index in [1.165, 1.54) is 0 Å². The number of nitrogens with zero attached hydrogens (tertiary/aromatic N) is 2. The molecule has 1 atom stereocenters. The van der Waals surface area contributed by atoms with Gasteiger partial charge in [0.1, 0.15) is 5.69 Å². The SMILES string of the molecule is CCCCC(O)c1cnsn1. The van der Waals surface area contributed by atoms with E-state index in [1.807, 2.05) is 0 Å². The largest absolute Gasteiger partial charge is 0.387 e. The van der Waals surface area contributed by atoms with Crippen LogP contribution in [-0.4, -0.2) is 13.9 Å². The molecule has 1 rings (SSSR count). The maximum atomic E-state index is 9.44. The number of unbranched alkanes of at least 4 members (excludes halogenated alkanes) is 1. The van der Waals surface area contributed by atoms with E-state index in [4.69, 9.17) is 0 Å². The molecule has 1 N–H and O–H groups in total. The van der Waals surface area contributed by atoms with Crippen molar-refractivity contribution in [2.45, 2.75) is 32.3 Å². The zero-order valence-corrected chi connectivity index (χ0v) is 7.34. The number of aliphatic hydroxyl groups excluding tert-OH is 1. The van der Waals surface area contributed by atoms with Gasteiger partial charge in [-0.2, -0.15) is 8.75 Å². The summed E-state index contributed by atoms with van der Waals surface area (Å²) in [6.07, 6.45) is 4.16. The first-order chi connectivity index (χ1) is 5.34. The second kappa shape index (κ2) is 4.41. The predicted octanol–water partition coefficient (Wildman–Crippen LogP) is 1.76. The van der Waals surface area contributed by atoms with Crippen LogP contribution in [0, 0.1) is 0 Å². The molecular weight excluding hydrogens is 160 g/mol. The lowest BCUT2D eigenvalue weighted by molar-refractivity contribution is 0.160. The highest BCUT2D eigenvalue weighted by atomic mass is 32.1. The molecule has 1 heterocycles. The maximum Gasteiger partial charge on any atom is 0.103 e. The van der Waals surface area contributed by atoms with Crippen molar-refractivity contribution in [2.75, 3.05) is 0 Å². The molecule has 0 aliphatic carbocycles. The van der Waals surface area contributed by atoms with Gasteiger partial charge in [0.25, 0.3) is 0 Å². The predicted molar refractivity (Wildman–Crippen MR) is 44.4 cm³/mol. The zero-order valence-electron chi connectivity index (χ0n) is 6.53. The first-order valence-corrected chi connectivity index (χ1v) is 4.53. The Balaban J connectivity index is 2.36. The third-order valence-electron chi connectivity index (χ3n) is 1.55. The Bertz CT molecular complexity index is 188. The van der Waals surface area contributed by atoms with Gasteiger partial charge >= 0.3 is 0 Å². The molecule has 0 amide bonds. The Labute approximate surface area is 70.4 Å². The first kappa shape index (κ1) is 8.62. The summed E-state index contributed by atoms with van der Waals surface area (Å²) in [6.45, 7) is 2.10. The Morgan fingerprint density at radius 2 is 2.55 bits per heavy atom. The van der Waals surface area contributed by atoms with E-state index in [-0.39, 0.29) is 0 Å². The summed E-state index contributed by atoms with van der Waals surface area (Å²) in [5, 5.41) is 9.44. The molecule has 0 saturated carbocycles. The van der Waals surface area contributed by atoms with Gasteiger partial charge in [-0.15, -0.1) is 0 Å². The van der Waals surface area contributed by atoms with E-state index < -0.39 is 6.10 Å². The minimum Gasteiger partial charge on any atom is -0.387 e. The van der Waals surface area contributed by atoms with Crippen LogP contribution in [0.2, 0.25) is 0 Å². The van der Waals surface area contributed by atoms with Gasteiger partial charge in [0, 0.05) is 0 Å². The van der Waals surface area contributed by atoms with Gasteiger partial charge in [0.15, 0.2) is 0 Å². The topological polar surface area (TPSA) is 46.0 Å². The smallest absolute Gasteiger partial charge is 0.103 e. The lowest BCUT2D eigenvalue weighted by Gasteiger charge is -2.04. The monoisotopic (exact) mass is 172 g/mol. The Morgan fingerprint density at radius 3 is 3.09 bits per heavy atom. The van der Waals surface area contributed by atoms with Crippen LogP contribution in [0.25, 0.3) is 0 Å². The average Bonchev–Trinajstić information content (AvgIpc) is 2.52. The van der Waals surface area contributed by atoms with Crippen LogP contribution in [0.15, 0.2) is 6.20 Å². The highest BCUT2D eigenvalue weighted by molar-refractivity contribution is 6.99. The molecular formula is C7H12N2OS. The third kappa shape index (κ3) is 2.55. The lowest BCUT2D eigenvalue weighted by atomic mass is 10.1. The second-order valence-electron chi connectivity index (χ2n) is 2.49. The highest BCUT2D eigenvalue weighted by Gasteiger charge is 2.08. The van der Waals surface area contributed by atoms with Crippen molar-refractivity contribution in [3.05, 3.63) is 11.9 Å². The van der Waals surface area contributed by atoms with Crippen molar-refractivity contribution >= 4 is 11.7 Å². The lowest BCUT2D eigenvalue weighted by Crippen LogP contribution is -1.96. The number of hydrogen-bond donors (Lipinski definition) is 1. The van der Waals surface area contributed by atoms with Gasteiger partial charge in [0.05, 0.1) is 24.0 Å². The molecule has 0 fully saturated rings. The summed E-state index contributed by atoms with van der Waals surface area (Å²) in [6, 6.07) is 0. The summed E-state index contributed by atoms with van der Waals surface area (Å²) in [5.74, 6) is 0. The molecule has 0 aliphatic rings. The Hall–Kier alpha value is -0.480. The molecule has 1 unspecified atom stereocenters. The van der Waals surface area contributed by atoms with Crippen molar-refractivity contribution in [3.8, 4) is 0 Å². The zero-order chi connectivity index (χ0) is 8.10. The van der Waals surface area contributed by atoms with Gasteiger partial charge in [-0.25, -0.2) is 0 Å². The molecule has 0 radical (unpaired) electrons. The Kier molecular flexibility index (Phi) is 3.45. The van der Waals surface area contributed by atoms with Crippen LogP contribution < -0.4 is 0 Å². The van der Waals surface area contributed by atoms with E-state index >= 15 is 0 Å². The maximum absolute atomic E-state index is 9.44. The fraction of sp³-hybridized carbons (Fsp3) is 0.714. The van der Waals surface area contributed by atoms with E-state index in [2.05, 4.69) is 15.7 Å². The fourth-order valence-electron chi connectivity index (χ4n) is 0.864. The van der Waals surface area contributed by atoms with E-state index in [0.717, 1.165) is 31.0 Å². The van der Waals surface area contributed by atoms with E-state index in [1.54, 1.807) is 6.20 Å². The Morgan fingerprint density at radius 1 is 1.73 bits per heavy atom. The van der Waals surface area contributed by atoms with Gasteiger partial charge in [-0.1, -0.05) is 19.8 Å². The average molecular weight is 172 g/mol. The quantitative estimate of drug-likeness (QED) is 0.752. The molecule has 0 aliphatic heterocycles. The molecule has 11 heavy (non-hydrogen) atoms. The van der Waals surface area contributed by atoms with Crippen LogP contribution in [-0.2, 0) is 0 Å². The summed E-state index contributed by atoms with van der Waals surface area (Å²) in [7, 11) is 0.